The number of benzene rings is 2. The number of nitrogens with one attached hydrogen (secondary N) is 1. The largest absolute Gasteiger partial charge is 0.347 e. The third-order valence-corrected chi connectivity index (χ3v) is 9.09. The lowest BCUT2D eigenvalue weighted by atomic mass is 10.2. The Morgan fingerprint density at radius 2 is 1.76 bits per heavy atom. The van der Waals surface area contributed by atoms with Crippen LogP contribution in [0.2, 0.25) is 0 Å². The minimum atomic E-state index is -3.50. The van der Waals surface area contributed by atoms with E-state index in [0.717, 1.165) is 39.6 Å². The summed E-state index contributed by atoms with van der Waals surface area (Å²) in [6, 6.07) is 12.3. The number of amides is 1. The van der Waals surface area contributed by atoms with Gasteiger partial charge in [-0.1, -0.05) is 11.3 Å². The first-order chi connectivity index (χ1) is 16.3. The van der Waals surface area contributed by atoms with Crippen LogP contribution in [0.3, 0.4) is 0 Å². The molecule has 1 aliphatic heterocycles. The smallest absolute Gasteiger partial charge is 0.251 e. The lowest BCUT2D eigenvalue weighted by molar-refractivity contribution is 0.0951. The van der Waals surface area contributed by atoms with Crippen LogP contribution in [0.15, 0.2) is 59.6 Å². The van der Waals surface area contributed by atoms with Crippen LogP contribution in [0, 0.1) is 12.7 Å². The maximum Gasteiger partial charge on any atom is 0.251 e. The quantitative estimate of drug-likeness (QED) is 0.431. The van der Waals surface area contributed by atoms with Crippen molar-refractivity contribution in [2.75, 3.05) is 13.1 Å². The number of nitrogens with zero attached hydrogens (tertiary/aromatic N) is 3. The molecule has 0 atom stereocenters. The predicted octanol–water partition coefficient (Wildman–Crippen LogP) is 4.22. The second-order valence-corrected chi connectivity index (χ2v) is 11.2. The van der Waals surface area contributed by atoms with Crippen molar-refractivity contribution >= 4 is 32.2 Å². The van der Waals surface area contributed by atoms with Crippen molar-refractivity contribution in [1.29, 1.82) is 0 Å². The number of carbonyl (C=O) groups excluding carboxylic acids is 1. The van der Waals surface area contributed by atoms with Crippen LogP contribution in [0.4, 0.5) is 4.39 Å². The molecule has 0 saturated carbocycles. The lowest BCUT2D eigenvalue weighted by Gasteiger charge is -2.15. The molecule has 0 bridgehead atoms. The van der Waals surface area contributed by atoms with E-state index in [9.17, 15) is 17.6 Å². The van der Waals surface area contributed by atoms with Gasteiger partial charge in [0, 0.05) is 41.0 Å². The van der Waals surface area contributed by atoms with E-state index in [1.165, 1.54) is 39.9 Å². The fourth-order valence-electron chi connectivity index (χ4n) is 4.04. The Hall–Kier alpha value is -3.08. The molecule has 0 spiro atoms. The zero-order chi connectivity index (χ0) is 23.9. The van der Waals surface area contributed by atoms with Crippen molar-refractivity contribution in [3.05, 3.63) is 76.7 Å². The van der Waals surface area contributed by atoms with E-state index in [1.54, 1.807) is 24.3 Å². The van der Waals surface area contributed by atoms with Gasteiger partial charge in [-0.05, 0) is 68.3 Å². The fourth-order valence-corrected chi connectivity index (χ4v) is 6.60. The minimum Gasteiger partial charge on any atom is -0.347 e. The first kappa shape index (κ1) is 22.7. The van der Waals surface area contributed by atoms with Crippen LogP contribution >= 0.6 is 11.3 Å². The Labute approximate surface area is 200 Å². The molecule has 0 unspecified atom stereocenters. The Kier molecular flexibility index (Phi) is 5.97. The maximum atomic E-state index is 13.2. The third-order valence-electron chi connectivity index (χ3n) is 6.02. The van der Waals surface area contributed by atoms with Crippen molar-refractivity contribution < 1.29 is 17.6 Å². The molecule has 5 rings (SSSR count). The van der Waals surface area contributed by atoms with Gasteiger partial charge in [0.2, 0.25) is 10.0 Å². The molecule has 1 amide bonds. The van der Waals surface area contributed by atoms with E-state index >= 15 is 0 Å². The SMILES string of the molecule is Cc1c(CNC(=O)c2ccc(S(=O)(=O)N3CCCC3)cc2)sc2nc(-c3ccc(F)cc3)cn12. The number of rotatable bonds is 6. The summed E-state index contributed by atoms with van der Waals surface area (Å²) in [4.78, 5) is 19.2. The number of aryl methyl sites for hydroxylation is 1. The number of fused-ring (bicyclic) bond motifs is 1. The number of sulfonamides is 1. The molecule has 0 aliphatic carbocycles. The average Bonchev–Trinajstić information content (AvgIpc) is 3.57. The summed E-state index contributed by atoms with van der Waals surface area (Å²) in [6.07, 6.45) is 3.65. The molecule has 10 heteroatoms. The molecule has 1 saturated heterocycles. The monoisotopic (exact) mass is 498 g/mol. The van der Waals surface area contributed by atoms with Crippen LogP contribution in [0.1, 0.15) is 33.8 Å². The summed E-state index contributed by atoms with van der Waals surface area (Å²) in [6.45, 7) is 3.37. The van der Waals surface area contributed by atoms with Crippen LogP contribution in [-0.2, 0) is 16.6 Å². The zero-order valence-corrected chi connectivity index (χ0v) is 20.1. The van der Waals surface area contributed by atoms with E-state index < -0.39 is 10.0 Å². The molecular formula is C24H23FN4O3S2. The number of thiazole rings is 1. The van der Waals surface area contributed by atoms with Gasteiger partial charge in [-0.15, -0.1) is 0 Å². The van der Waals surface area contributed by atoms with Crippen LogP contribution in [-0.4, -0.2) is 41.1 Å². The van der Waals surface area contributed by atoms with Gasteiger partial charge < -0.3 is 5.32 Å². The van der Waals surface area contributed by atoms with Gasteiger partial charge in [0.25, 0.3) is 5.91 Å². The predicted molar refractivity (Wildman–Crippen MR) is 129 cm³/mol. The number of halogens is 1. The Morgan fingerprint density at radius 3 is 2.41 bits per heavy atom. The first-order valence-electron chi connectivity index (χ1n) is 10.9. The summed E-state index contributed by atoms with van der Waals surface area (Å²) >= 11 is 1.48. The van der Waals surface area contributed by atoms with Gasteiger partial charge >= 0.3 is 0 Å². The Bertz CT molecular complexity index is 1450. The first-order valence-corrected chi connectivity index (χ1v) is 13.2. The van der Waals surface area contributed by atoms with Gasteiger partial charge in [-0.25, -0.2) is 17.8 Å². The molecule has 1 fully saturated rings. The number of aromatic nitrogens is 2. The van der Waals surface area contributed by atoms with Crippen LogP contribution < -0.4 is 5.32 Å². The molecule has 2 aromatic heterocycles. The van der Waals surface area contributed by atoms with E-state index in [-0.39, 0.29) is 16.6 Å². The van der Waals surface area contributed by atoms with Crippen molar-refractivity contribution in [3.8, 4) is 11.3 Å². The van der Waals surface area contributed by atoms with E-state index in [2.05, 4.69) is 10.3 Å². The highest BCUT2D eigenvalue weighted by molar-refractivity contribution is 7.89. The minimum absolute atomic E-state index is 0.207. The molecule has 1 N–H and O–H groups in total. The third kappa shape index (κ3) is 4.24. The number of hydrogen-bond acceptors (Lipinski definition) is 5. The number of imidazole rings is 1. The summed E-state index contributed by atoms with van der Waals surface area (Å²) in [5, 5.41) is 2.90. The highest BCUT2D eigenvalue weighted by Gasteiger charge is 2.27. The fraction of sp³-hybridized carbons (Fsp3) is 0.250. The molecular weight excluding hydrogens is 475 g/mol. The van der Waals surface area contributed by atoms with Gasteiger partial charge in [0.15, 0.2) is 4.96 Å². The van der Waals surface area contributed by atoms with Gasteiger partial charge in [-0.3, -0.25) is 9.20 Å². The van der Waals surface area contributed by atoms with E-state index in [4.69, 9.17) is 0 Å². The summed E-state index contributed by atoms with van der Waals surface area (Å²) in [5.74, 6) is -0.565. The number of hydrogen-bond donors (Lipinski definition) is 1. The van der Waals surface area contributed by atoms with Crippen LogP contribution in [0.5, 0.6) is 0 Å². The normalized spacial score (nSPS) is 14.6. The zero-order valence-electron chi connectivity index (χ0n) is 18.5. The van der Waals surface area contributed by atoms with Crippen molar-refractivity contribution in [3.63, 3.8) is 0 Å². The lowest BCUT2D eigenvalue weighted by Crippen LogP contribution is -2.28. The summed E-state index contributed by atoms with van der Waals surface area (Å²) in [7, 11) is -3.50. The molecule has 7 nitrogen and oxygen atoms in total. The Balaban J connectivity index is 1.27. The molecule has 1 aliphatic rings. The van der Waals surface area contributed by atoms with E-state index in [1.807, 2.05) is 17.5 Å². The molecule has 2 aromatic carbocycles. The number of carbonyl (C=O) groups is 1. The van der Waals surface area contributed by atoms with Crippen molar-refractivity contribution in [2.45, 2.75) is 31.2 Å². The summed E-state index contributed by atoms with van der Waals surface area (Å²) in [5.41, 5.74) is 2.96. The van der Waals surface area contributed by atoms with Gasteiger partial charge in [-0.2, -0.15) is 4.31 Å². The molecule has 3 heterocycles. The topological polar surface area (TPSA) is 83.8 Å². The Morgan fingerprint density at radius 1 is 1.09 bits per heavy atom. The maximum absolute atomic E-state index is 13.2. The molecule has 176 valence electrons. The second kappa shape index (κ2) is 8.94. The second-order valence-electron chi connectivity index (χ2n) is 8.21. The molecule has 4 aromatic rings. The van der Waals surface area contributed by atoms with E-state index in [0.29, 0.717) is 25.2 Å². The van der Waals surface area contributed by atoms with Crippen molar-refractivity contribution in [2.24, 2.45) is 0 Å². The van der Waals surface area contributed by atoms with Crippen LogP contribution in [0.25, 0.3) is 16.2 Å². The standard InChI is InChI=1S/C24H23FN4O3S2/c1-16-22(33-24-27-21(15-29(16)24)17-4-8-19(25)9-5-17)14-26-23(30)18-6-10-20(11-7-18)34(31,32)28-12-2-3-13-28/h4-11,15H,2-3,12-14H2,1H3,(H,26,30). The average molecular weight is 499 g/mol. The highest BCUT2D eigenvalue weighted by atomic mass is 32.2. The van der Waals surface area contributed by atoms with Crippen molar-refractivity contribution in [1.82, 2.24) is 19.0 Å². The molecule has 0 radical (unpaired) electrons. The van der Waals surface area contributed by atoms with Gasteiger partial charge in [0.05, 0.1) is 17.1 Å². The van der Waals surface area contributed by atoms with Gasteiger partial charge in [0.1, 0.15) is 5.82 Å². The highest BCUT2D eigenvalue weighted by Crippen LogP contribution is 2.27. The summed E-state index contributed by atoms with van der Waals surface area (Å²) < 4.78 is 41.9. The molecule has 34 heavy (non-hydrogen) atoms.